The van der Waals surface area contributed by atoms with Gasteiger partial charge in [-0.3, -0.25) is 0 Å². The maximum Gasteiger partial charge on any atom is 0.148 e. The number of aromatic nitrogens is 2. The van der Waals surface area contributed by atoms with E-state index in [1.54, 1.807) is 6.20 Å². The molecule has 1 aliphatic heterocycles. The summed E-state index contributed by atoms with van der Waals surface area (Å²) in [7, 11) is 0. The molecule has 0 spiro atoms. The van der Waals surface area contributed by atoms with Crippen LogP contribution < -0.4 is 5.32 Å². The average Bonchev–Trinajstić information content (AvgIpc) is 3.08. The highest BCUT2D eigenvalue weighted by molar-refractivity contribution is 5.31. The van der Waals surface area contributed by atoms with Crippen molar-refractivity contribution in [2.75, 3.05) is 25.0 Å². The molecule has 1 aromatic rings. The van der Waals surface area contributed by atoms with E-state index in [1.165, 1.54) is 32.4 Å². The first-order valence-electron chi connectivity index (χ1n) is 6.17. The highest BCUT2D eigenvalue weighted by Gasteiger charge is 2.34. The highest BCUT2D eigenvalue weighted by atomic mass is 15.2. The van der Waals surface area contributed by atoms with E-state index in [2.05, 4.69) is 20.4 Å². The third-order valence-electron chi connectivity index (χ3n) is 3.52. The molecule has 2 heterocycles. The SMILES string of the molecule is c1cnnc(NCC2CCN(C3CC3)C2)c1. The Bertz CT molecular complexity index is 336. The van der Waals surface area contributed by atoms with Gasteiger partial charge in [0.1, 0.15) is 5.82 Å². The number of anilines is 1. The van der Waals surface area contributed by atoms with Gasteiger partial charge in [-0.15, -0.1) is 5.10 Å². The van der Waals surface area contributed by atoms with E-state index >= 15 is 0 Å². The third-order valence-corrected chi connectivity index (χ3v) is 3.52. The lowest BCUT2D eigenvalue weighted by molar-refractivity contribution is 0.316. The van der Waals surface area contributed by atoms with Gasteiger partial charge in [0.25, 0.3) is 0 Å². The lowest BCUT2D eigenvalue weighted by Gasteiger charge is -2.15. The zero-order valence-electron chi connectivity index (χ0n) is 9.47. The van der Waals surface area contributed by atoms with E-state index in [0.717, 1.165) is 24.3 Å². The summed E-state index contributed by atoms with van der Waals surface area (Å²) >= 11 is 0. The quantitative estimate of drug-likeness (QED) is 0.828. The Kier molecular flexibility index (Phi) is 2.74. The Labute approximate surface area is 96.1 Å². The zero-order chi connectivity index (χ0) is 10.8. The normalized spacial score (nSPS) is 25.9. The Morgan fingerprint density at radius 2 is 2.31 bits per heavy atom. The smallest absolute Gasteiger partial charge is 0.148 e. The molecule has 4 nitrogen and oxygen atoms in total. The minimum atomic E-state index is 0.780. The first kappa shape index (κ1) is 10.0. The topological polar surface area (TPSA) is 41.1 Å². The largest absolute Gasteiger partial charge is 0.368 e. The van der Waals surface area contributed by atoms with Crippen LogP contribution in [0.25, 0.3) is 0 Å². The molecule has 4 heteroatoms. The van der Waals surface area contributed by atoms with Crippen molar-refractivity contribution < 1.29 is 0 Å². The van der Waals surface area contributed by atoms with Crippen LogP contribution in [0.3, 0.4) is 0 Å². The van der Waals surface area contributed by atoms with Crippen molar-refractivity contribution in [3.63, 3.8) is 0 Å². The third kappa shape index (κ3) is 2.32. The van der Waals surface area contributed by atoms with Crippen LogP contribution in [0.2, 0.25) is 0 Å². The maximum absolute atomic E-state index is 4.03. The molecule has 2 aliphatic rings. The van der Waals surface area contributed by atoms with Gasteiger partial charge in [0, 0.05) is 25.3 Å². The van der Waals surface area contributed by atoms with Gasteiger partial charge >= 0.3 is 0 Å². The van der Waals surface area contributed by atoms with Crippen molar-refractivity contribution in [3.8, 4) is 0 Å². The molecule has 16 heavy (non-hydrogen) atoms. The second-order valence-electron chi connectivity index (χ2n) is 4.87. The molecule has 1 saturated heterocycles. The van der Waals surface area contributed by atoms with Crippen molar-refractivity contribution >= 4 is 5.82 Å². The van der Waals surface area contributed by atoms with Crippen molar-refractivity contribution in [1.29, 1.82) is 0 Å². The van der Waals surface area contributed by atoms with Crippen LogP contribution in [-0.4, -0.2) is 40.8 Å². The molecule has 1 atom stereocenters. The van der Waals surface area contributed by atoms with Crippen LogP contribution in [0.15, 0.2) is 18.3 Å². The number of nitrogens with one attached hydrogen (secondary N) is 1. The van der Waals surface area contributed by atoms with Crippen LogP contribution in [-0.2, 0) is 0 Å². The molecule has 1 unspecified atom stereocenters. The lowest BCUT2D eigenvalue weighted by Crippen LogP contribution is -2.24. The first-order chi connectivity index (χ1) is 7.92. The fourth-order valence-electron chi connectivity index (χ4n) is 2.45. The molecular weight excluding hydrogens is 200 g/mol. The van der Waals surface area contributed by atoms with Crippen molar-refractivity contribution in [1.82, 2.24) is 15.1 Å². The molecule has 1 aromatic heterocycles. The second-order valence-corrected chi connectivity index (χ2v) is 4.87. The molecule has 1 N–H and O–H groups in total. The molecule has 0 amide bonds. The van der Waals surface area contributed by atoms with E-state index < -0.39 is 0 Å². The molecule has 86 valence electrons. The molecule has 0 radical (unpaired) electrons. The number of hydrogen-bond acceptors (Lipinski definition) is 4. The fraction of sp³-hybridized carbons (Fsp3) is 0.667. The Balaban J connectivity index is 1.46. The van der Waals surface area contributed by atoms with E-state index in [4.69, 9.17) is 0 Å². The van der Waals surface area contributed by atoms with E-state index in [1.807, 2.05) is 12.1 Å². The summed E-state index contributed by atoms with van der Waals surface area (Å²) < 4.78 is 0. The van der Waals surface area contributed by atoms with Gasteiger partial charge in [-0.1, -0.05) is 0 Å². The summed E-state index contributed by atoms with van der Waals surface area (Å²) in [6, 6.07) is 4.81. The lowest BCUT2D eigenvalue weighted by atomic mass is 10.1. The molecule has 0 aromatic carbocycles. The first-order valence-corrected chi connectivity index (χ1v) is 6.17. The minimum absolute atomic E-state index is 0.780. The summed E-state index contributed by atoms with van der Waals surface area (Å²) in [4.78, 5) is 2.64. The predicted octanol–water partition coefficient (Wildman–Crippen LogP) is 1.37. The summed E-state index contributed by atoms with van der Waals surface area (Å²) in [5.74, 6) is 1.68. The summed E-state index contributed by atoms with van der Waals surface area (Å²) in [5.41, 5.74) is 0. The van der Waals surface area contributed by atoms with Crippen LogP contribution >= 0.6 is 0 Å². The molecule has 2 fully saturated rings. The Morgan fingerprint density at radius 3 is 3.06 bits per heavy atom. The molecular formula is C12H18N4. The Hall–Kier alpha value is -1.16. The number of rotatable bonds is 4. The van der Waals surface area contributed by atoms with Crippen molar-refractivity contribution in [2.45, 2.75) is 25.3 Å². The van der Waals surface area contributed by atoms with E-state index in [0.29, 0.717) is 0 Å². The highest BCUT2D eigenvalue weighted by Crippen LogP contribution is 2.31. The van der Waals surface area contributed by atoms with Crippen LogP contribution in [0.1, 0.15) is 19.3 Å². The monoisotopic (exact) mass is 218 g/mol. The number of likely N-dealkylation sites (tertiary alicyclic amines) is 1. The van der Waals surface area contributed by atoms with E-state index in [9.17, 15) is 0 Å². The van der Waals surface area contributed by atoms with Gasteiger partial charge in [0.05, 0.1) is 0 Å². The maximum atomic E-state index is 4.03. The molecule has 1 aliphatic carbocycles. The van der Waals surface area contributed by atoms with Gasteiger partial charge in [-0.25, -0.2) is 0 Å². The molecule has 0 bridgehead atoms. The number of hydrogen-bond donors (Lipinski definition) is 1. The van der Waals surface area contributed by atoms with Crippen LogP contribution in [0.5, 0.6) is 0 Å². The second kappa shape index (κ2) is 4.37. The average molecular weight is 218 g/mol. The predicted molar refractivity (Wildman–Crippen MR) is 63.2 cm³/mol. The number of nitrogens with zero attached hydrogens (tertiary/aromatic N) is 3. The van der Waals surface area contributed by atoms with Gasteiger partial charge in [0.2, 0.25) is 0 Å². The van der Waals surface area contributed by atoms with Gasteiger partial charge in [-0.05, 0) is 43.9 Å². The van der Waals surface area contributed by atoms with Crippen LogP contribution in [0.4, 0.5) is 5.82 Å². The molecule has 3 rings (SSSR count). The van der Waals surface area contributed by atoms with Gasteiger partial charge < -0.3 is 10.2 Å². The zero-order valence-corrected chi connectivity index (χ0v) is 9.47. The minimum Gasteiger partial charge on any atom is -0.368 e. The van der Waals surface area contributed by atoms with Gasteiger partial charge in [-0.2, -0.15) is 5.10 Å². The van der Waals surface area contributed by atoms with Crippen molar-refractivity contribution in [3.05, 3.63) is 18.3 Å². The van der Waals surface area contributed by atoms with Crippen molar-refractivity contribution in [2.24, 2.45) is 5.92 Å². The fourth-order valence-corrected chi connectivity index (χ4v) is 2.45. The molecule has 1 saturated carbocycles. The van der Waals surface area contributed by atoms with Gasteiger partial charge in [0.15, 0.2) is 0 Å². The van der Waals surface area contributed by atoms with Crippen LogP contribution in [0, 0.1) is 5.92 Å². The Morgan fingerprint density at radius 1 is 1.38 bits per heavy atom. The summed E-state index contributed by atoms with van der Waals surface area (Å²) in [6.45, 7) is 3.58. The summed E-state index contributed by atoms with van der Waals surface area (Å²) in [6.07, 6.45) is 5.87. The standard InChI is InChI=1S/C12H18N4/c1-2-12(15-14-6-1)13-8-10-5-7-16(9-10)11-3-4-11/h1-2,6,10-11H,3-5,7-9H2,(H,13,15). The van der Waals surface area contributed by atoms with E-state index in [-0.39, 0.29) is 0 Å². The summed E-state index contributed by atoms with van der Waals surface area (Å²) in [5, 5.41) is 11.3.